The van der Waals surface area contributed by atoms with Crippen LogP contribution in [0, 0.1) is 19.1 Å². The third kappa shape index (κ3) is 3.97. The van der Waals surface area contributed by atoms with E-state index in [-0.39, 0.29) is 41.1 Å². The van der Waals surface area contributed by atoms with Crippen LogP contribution < -0.4 is 4.57 Å². The summed E-state index contributed by atoms with van der Waals surface area (Å²) >= 11 is 0. The van der Waals surface area contributed by atoms with Gasteiger partial charge in [-0.05, 0) is 10.8 Å². The van der Waals surface area contributed by atoms with Crippen molar-refractivity contribution in [1.82, 2.24) is 4.98 Å². The van der Waals surface area contributed by atoms with Crippen molar-refractivity contribution in [3.05, 3.63) is 97.0 Å². The first-order chi connectivity index (χ1) is 13.7. The zero-order valence-corrected chi connectivity index (χ0v) is 19.9. The molecule has 0 amide bonds. The Hall–Kier alpha value is -2.35. The smallest absolute Gasteiger partial charge is 0.180 e. The summed E-state index contributed by atoms with van der Waals surface area (Å²) < 4.78 is 2.08. The first kappa shape index (κ1) is 22.3. The van der Waals surface area contributed by atoms with E-state index >= 15 is 0 Å². The van der Waals surface area contributed by atoms with Crippen LogP contribution >= 0.6 is 0 Å². The molecule has 30 heavy (non-hydrogen) atoms. The Labute approximate surface area is 204 Å². The molecule has 0 aliphatic rings. The molecule has 5 rings (SSSR count). The summed E-state index contributed by atoms with van der Waals surface area (Å²) in [5.41, 5.74) is 5.39. The summed E-state index contributed by atoms with van der Waals surface area (Å²) in [5, 5.41) is 4.96. The third-order valence-corrected chi connectivity index (χ3v) is 5.33. The molecule has 140 valence electrons. The minimum absolute atomic E-state index is 0. The van der Waals surface area contributed by atoms with Crippen LogP contribution in [0.2, 0.25) is 0 Å². The van der Waals surface area contributed by atoms with Crippen molar-refractivity contribution in [2.24, 2.45) is 7.05 Å². The van der Waals surface area contributed by atoms with E-state index in [2.05, 4.69) is 89.3 Å². The number of benzene rings is 4. The molecule has 0 spiro atoms. The molecule has 0 unspecified atom stereocenters. The minimum atomic E-state index is 0. The summed E-state index contributed by atoms with van der Waals surface area (Å²) in [7, 11) is 2.03. The molecule has 0 bridgehead atoms. The molecule has 0 N–H and O–H groups in total. The van der Waals surface area contributed by atoms with Gasteiger partial charge in [0.1, 0.15) is 7.05 Å². The van der Waals surface area contributed by atoms with Crippen molar-refractivity contribution < 1.29 is 37.3 Å². The maximum atomic E-state index is 4.29. The molecule has 0 aliphatic carbocycles. The topological polar surface area (TPSA) is 16.8 Å². The molecule has 4 aromatic carbocycles. The zero-order valence-electron chi connectivity index (χ0n) is 17.1. The van der Waals surface area contributed by atoms with Crippen molar-refractivity contribution in [3.63, 3.8) is 0 Å². The summed E-state index contributed by atoms with van der Waals surface area (Å²) in [4.78, 5) is 4.29. The summed E-state index contributed by atoms with van der Waals surface area (Å²) in [6.45, 7) is 2.11. The van der Waals surface area contributed by atoms with Gasteiger partial charge in [-0.15, -0.1) is 28.5 Å². The molecule has 4 heteroatoms. The molecule has 0 saturated carbocycles. The number of aryl methyl sites for hydroxylation is 2. The van der Waals surface area contributed by atoms with Gasteiger partial charge in [0.05, 0.1) is 12.4 Å². The van der Waals surface area contributed by atoms with Crippen LogP contribution in [0.15, 0.2) is 79.3 Å². The van der Waals surface area contributed by atoms with E-state index in [0.29, 0.717) is 0 Å². The van der Waals surface area contributed by atoms with E-state index in [0.717, 1.165) is 22.4 Å². The fourth-order valence-electron chi connectivity index (χ4n) is 3.75. The number of nitrogens with zero attached hydrogens (tertiary/aromatic N) is 2. The van der Waals surface area contributed by atoms with Crippen LogP contribution in [-0.2, 0) is 39.8 Å². The second-order valence-electron chi connectivity index (χ2n) is 7.14. The fraction of sp³-hybridized carbons (Fsp3) is 0.0769. The Balaban J connectivity index is 0.00000128. The van der Waals surface area contributed by atoms with Crippen molar-refractivity contribution in [3.8, 4) is 22.4 Å². The van der Waals surface area contributed by atoms with Gasteiger partial charge in [0.25, 0.3) is 0 Å². The van der Waals surface area contributed by atoms with E-state index in [1.807, 2.05) is 19.4 Å². The molecule has 1 heterocycles. The first-order valence-corrected chi connectivity index (χ1v) is 9.37. The predicted molar refractivity (Wildman–Crippen MR) is 119 cm³/mol. The zero-order chi connectivity index (χ0) is 19.1. The molecule has 4 radical (unpaired) electrons. The van der Waals surface area contributed by atoms with Gasteiger partial charge in [-0.3, -0.25) is 4.98 Å². The fourth-order valence-corrected chi connectivity index (χ4v) is 3.75. The SMILES string of the molecule is Cc1ccc(-c2[c-]cc3ccc4ccccc4c3c2)[c-]c1-c1cncc[n+]1C.[B].[Y]. The van der Waals surface area contributed by atoms with Gasteiger partial charge in [0, 0.05) is 41.1 Å². The van der Waals surface area contributed by atoms with Crippen molar-refractivity contribution in [2.75, 3.05) is 0 Å². The van der Waals surface area contributed by atoms with E-state index < -0.39 is 0 Å². The molecule has 0 aliphatic heterocycles. The quantitative estimate of drug-likeness (QED) is 0.156. The number of fused-ring (bicyclic) bond motifs is 3. The number of aromatic nitrogens is 2. The van der Waals surface area contributed by atoms with E-state index in [1.165, 1.54) is 27.1 Å². The molecular formula is C26H19BN2Y-. The second kappa shape index (κ2) is 9.20. The van der Waals surface area contributed by atoms with Gasteiger partial charge in [0.15, 0.2) is 11.9 Å². The summed E-state index contributed by atoms with van der Waals surface area (Å²) in [5.74, 6) is 0. The maximum absolute atomic E-state index is 4.29. The normalized spacial score (nSPS) is 10.5. The van der Waals surface area contributed by atoms with E-state index in [9.17, 15) is 0 Å². The second-order valence-corrected chi connectivity index (χ2v) is 7.14. The van der Waals surface area contributed by atoms with Gasteiger partial charge < -0.3 is 0 Å². The predicted octanol–water partition coefficient (Wildman–Crippen LogP) is 5.07. The van der Waals surface area contributed by atoms with Crippen LogP contribution in [0.25, 0.3) is 43.9 Å². The Morgan fingerprint density at radius 3 is 2.53 bits per heavy atom. The maximum Gasteiger partial charge on any atom is 0.180 e. The number of hydrogen-bond donors (Lipinski definition) is 0. The summed E-state index contributed by atoms with van der Waals surface area (Å²) in [6, 6.07) is 28.5. The molecule has 2 nitrogen and oxygen atoms in total. The molecule has 5 aromatic rings. The average Bonchev–Trinajstić information content (AvgIpc) is 2.74. The van der Waals surface area contributed by atoms with Gasteiger partial charge in [-0.2, -0.15) is 29.8 Å². The van der Waals surface area contributed by atoms with E-state index in [1.54, 1.807) is 6.20 Å². The van der Waals surface area contributed by atoms with Crippen molar-refractivity contribution in [2.45, 2.75) is 6.92 Å². The standard InChI is InChI=1S/C26H19N2.B.Y/c1-18-7-8-21(15-24(18)26-17-27-13-14-28(26)2)22-12-11-20-10-9-19-5-3-4-6-23(19)25(20)16-22;;/h3-11,13-14,16-17H,1-2H3;;/q-1;;. The Morgan fingerprint density at radius 1 is 0.900 bits per heavy atom. The van der Waals surface area contributed by atoms with Crippen molar-refractivity contribution >= 4 is 30.0 Å². The summed E-state index contributed by atoms with van der Waals surface area (Å²) in [6.07, 6.45) is 5.65. The number of hydrogen-bond acceptors (Lipinski definition) is 1. The number of rotatable bonds is 2. The molecule has 1 aromatic heterocycles. The minimum Gasteiger partial charge on any atom is -0.260 e. The monoisotopic (exact) mass is 459 g/mol. The van der Waals surface area contributed by atoms with E-state index in [4.69, 9.17) is 0 Å². The third-order valence-electron chi connectivity index (χ3n) is 5.33. The Bertz CT molecular complexity index is 1350. The molecule has 0 saturated heterocycles. The van der Waals surface area contributed by atoms with Crippen LogP contribution in [0.3, 0.4) is 0 Å². The van der Waals surface area contributed by atoms with Gasteiger partial charge in [-0.25, -0.2) is 10.1 Å². The Kier molecular flexibility index (Phi) is 6.85. The van der Waals surface area contributed by atoms with Gasteiger partial charge >= 0.3 is 0 Å². The van der Waals surface area contributed by atoms with Crippen LogP contribution in [0.4, 0.5) is 0 Å². The van der Waals surface area contributed by atoms with Crippen LogP contribution in [-0.4, -0.2) is 13.4 Å². The van der Waals surface area contributed by atoms with Gasteiger partial charge in [-0.1, -0.05) is 48.9 Å². The Morgan fingerprint density at radius 2 is 1.70 bits per heavy atom. The average molecular weight is 459 g/mol. The van der Waals surface area contributed by atoms with Crippen LogP contribution in [0.1, 0.15) is 5.56 Å². The van der Waals surface area contributed by atoms with Gasteiger partial charge in [0.2, 0.25) is 0 Å². The molecule has 0 fully saturated rings. The van der Waals surface area contributed by atoms with Crippen LogP contribution in [0.5, 0.6) is 0 Å². The van der Waals surface area contributed by atoms with Crippen molar-refractivity contribution in [1.29, 1.82) is 0 Å². The molecule has 0 atom stereocenters. The molecular weight excluding hydrogens is 440 g/mol. The first-order valence-electron chi connectivity index (χ1n) is 9.37. The largest absolute Gasteiger partial charge is 0.260 e.